The molecule has 0 atom stereocenters. The fourth-order valence-electron chi connectivity index (χ4n) is 2.91. The smallest absolute Gasteiger partial charge is 0.414 e. The van der Waals surface area contributed by atoms with Crippen LogP contribution in [0.3, 0.4) is 0 Å². The van der Waals surface area contributed by atoms with Gasteiger partial charge in [0.1, 0.15) is 5.75 Å². The molecule has 0 aliphatic rings. The summed E-state index contributed by atoms with van der Waals surface area (Å²) >= 11 is 0. The molecule has 0 spiro atoms. The van der Waals surface area contributed by atoms with E-state index in [-0.39, 0.29) is 5.91 Å². The Kier molecular flexibility index (Phi) is 8.53. The fraction of sp³-hybridized carbons (Fsp3) is 0.174. The highest BCUT2D eigenvalue weighted by atomic mass is 16.5. The van der Waals surface area contributed by atoms with Gasteiger partial charge in [0.05, 0.1) is 13.7 Å². The number of anilines is 1. The summed E-state index contributed by atoms with van der Waals surface area (Å²) < 4.78 is 5.24. The number of carboxylic acids is 2. The predicted molar refractivity (Wildman–Crippen MR) is 117 cm³/mol. The van der Waals surface area contributed by atoms with Crippen molar-refractivity contribution in [1.82, 2.24) is 4.90 Å². The molecule has 3 rings (SSSR count). The van der Waals surface area contributed by atoms with Crippen molar-refractivity contribution < 1.29 is 29.3 Å². The summed E-state index contributed by atoms with van der Waals surface area (Å²) in [6.07, 6.45) is 0. The molecule has 0 aliphatic carbocycles. The lowest BCUT2D eigenvalue weighted by Gasteiger charge is -2.17. The predicted octanol–water partition coefficient (Wildman–Crippen LogP) is 3.07. The molecule has 3 aromatic carbocycles. The first-order valence-electron chi connectivity index (χ1n) is 9.35. The number of nitrogens with zero attached hydrogens (tertiary/aromatic N) is 1. The largest absolute Gasteiger partial charge is 0.497 e. The molecular formula is C23H24N2O6. The molecule has 0 aliphatic heterocycles. The van der Waals surface area contributed by atoms with Crippen LogP contribution in [-0.2, 0) is 20.9 Å². The van der Waals surface area contributed by atoms with Crippen LogP contribution in [0, 0.1) is 0 Å². The second-order valence-electron chi connectivity index (χ2n) is 6.71. The summed E-state index contributed by atoms with van der Waals surface area (Å²) in [4.78, 5) is 32.6. The lowest BCUT2D eigenvalue weighted by molar-refractivity contribution is -0.159. The number of methoxy groups -OCH3 is 1. The van der Waals surface area contributed by atoms with Crippen LogP contribution in [-0.4, -0.2) is 53.7 Å². The van der Waals surface area contributed by atoms with E-state index in [0.29, 0.717) is 13.1 Å². The van der Waals surface area contributed by atoms with E-state index in [0.717, 1.165) is 27.8 Å². The van der Waals surface area contributed by atoms with E-state index >= 15 is 0 Å². The van der Waals surface area contributed by atoms with Crippen molar-refractivity contribution in [3.63, 3.8) is 0 Å². The van der Waals surface area contributed by atoms with Crippen LogP contribution >= 0.6 is 0 Å². The van der Waals surface area contributed by atoms with E-state index in [1.807, 2.05) is 78.7 Å². The van der Waals surface area contributed by atoms with E-state index < -0.39 is 11.9 Å². The van der Waals surface area contributed by atoms with Crippen molar-refractivity contribution in [2.45, 2.75) is 6.54 Å². The van der Waals surface area contributed by atoms with Crippen LogP contribution in [0.25, 0.3) is 10.8 Å². The number of likely N-dealkylation sites (N-methyl/N-ethyl adjacent to an activating group) is 1. The number of rotatable bonds is 6. The van der Waals surface area contributed by atoms with E-state index in [1.54, 1.807) is 7.11 Å². The lowest BCUT2D eigenvalue weighted by Crippen LogP contribution is -2.29. The molecule has 8 heteroatoms. The van der Waals surface area contributed by atoms with Gasteiger partial charge >= 0.3 is 11.9 Å². The van der Waals surface area contributed by atoms with Crippen molar-refractivity contribution in [3.05, 3.63) is 72.3 Å². The third kappa shape index (κ3) is 7.45. The average molecular weight is 424 g/mol. The second-order valence-corrected chi connectivity index (χ2v) is 6.71. The Morgan fingerprint density at radius 2 is 1.58 bits per heavy atom. The first kappa shape index (κ1) is 23.4. The molecule has 3 N–H and O–H groups in total. The highest BCUT2D eigenvalue weighted by molar-refractivity contribution is 6.27. The van der Waals surface area contributed by atoms with Gasteiger partial charge in [-0.15, -0.1) is 0 Å². The Labute approximate surface area is 179 Å². The van der Waals surface area contributed by atoms with Gasteiger partial charge < -0.3 is 20.3 Å². The average Bonchev–Trinajstić information content (AvgIpc) is 2.74. The molecule has 3 aromatic rings. The number of benzene rings is 3. The number of fused-ring (bicyclic) bond motifs is 1. The van der Waals surface area contributed by atoms with Crippen LogP contribution in [0.2, 0.25) is 0 Å². The summed E-state index contributed by atoms with van der Waals surface area (Å²) in [5, 5.41) is 20.0. The van der Waals surface area contributed by atoms with Gasteiger partial charge in [-0.1, -0.05) is 48.5 Å². The van der Waals surface area contributed by atoms with E-state index in [1.165, 1.54) is 0 Å². The molecule has 0 unspecified atom stereocenters. The SMILES string of the molecule is COc1cccc(CN(C)CC(=O)Nc2cccc3ccccc23)c1.O=C(O)C(=O)O. The van der Waals surface area contributed by atoms with Gasteiger partial charge in [-0.05, 0) is 36.2 Å². The van der Waals surface area contributed by atoms with Gasteiger partial charge in [0.25, 0.3) is 0 Å². The summed E-state index contributed by atoms with van der Waals surface area (Å²) in [5.41, 5.74) is 1.96. The summed E-state index contributed by atoms with van der Waals surface area (Å²) in [6.45, 7) is 1.00. The van der Waals surface area contributed by atoms with Crippen molar-refractivity contribution in [2.75, 3.05) is 26.0 Å². The number of amides is 1. The highest BCUT2D eigenvalue weighted by Gasteiger charge is 2.10. The van der Waals surface area contributed by atoms with Crippen molar-refractivity contribution in [3.8, 4) is 5.75 Å². The van der Waals surface area contributed by atoms with Crippen molar-refractivity contribution in [2.24, 2.45) is 0 Å². The normalized spacial score (nSPS) is 10.2. The maximum atomic E-state index is 12.4. The van der Waals surface area contributed by atoms with Gasteiger partial charge in [-0.25, -0.2) is 9.59 Å². The fourth-order valence-corrected chi connectivity index (χ4v) is 2.91. The first-order valence-corrected chi connectivity index (χ1v) is 9.35. The minimum absolute atomic E-state index is 0.0262. The zero-order valence-electron chi connectivity index (χ0n) is 17.2. The van der Waals surface area contributed by atoms with E-state index in [4.69, 9.17) is 24.5 Å². The molecule has 162 valence electrons. The minimum Gasteiger partial charge on any atom is -0.497 e. The molecule has 1 amide bonds. The maximum absolute atomic E-state index is 12.4. The topological polar surface area (TPSA) is 116 Å². The zero-order valence-corrected chi connectivity index (χ0v) is 17.2. The minimum atomic E-state index is -1.82. The number of carbonyl (C=O) groups is 3. The molecule has 0 saturated heterocycles. The first-order chi connectivity index (χ1) is 14.8. The monoisotopic (exact) mass is 424 g/mol. The second kappa shape index (κ2) is 11.3. The summed E-state index contributed by atoms with van der Waals surface area (Å²) in [5.74, 6) is -2.85. The standard InChI is InChI=1S/C21H22N2O2.C2H2O4/c1-23(14-16-7-5-10-18(13-16)25-2)15-21(24)22-20-12-6-9-17-8-3-4-11-19(17)20;3-1(4)2(5)6/h3-13H,14-15H2,1-2H3,(H,22,24);(H,3,4)(H,5,6). The molecule has 31 heavy (non-hydrogen) atoms. The van der Waals surface area contributed by atoms with Gasteiger partial charge in [-0.3, -0.25) is 9.69 Å². The maximum Gasteiger partial charge on any atom is 0.414 e. The molecule has 0 aromatic heterocycles. The van der Waals surface area contributed by atoms with Gasteiger partial charge in [0, 0.05) is 17.6 Å². The Hall–Kier alpha value is -3.91. The molecular weight excluding hydrogens is 400 g/mol. The number of nitrogens with one attached hydrogen (secondary N) is 1. The Balaban J connectivity index is 0.000000501. The van der Waals surface area contributed by atoms with Crippen molar-refractivity contribution in [1.29, 1.82) is 0 Å². The van der Waals surface area contributed by atoms with E-state index in [2.05, 4.69) is 5.32 Å². The number of hydrogen-bond acceptors (Lipinski definition) is 5. The molecule has 0 saturated carbocycles. The van der Waals surface area contributed by atoms with Crippen LogP contribution in [0.5, 0.6) is 5.75 Å². The van der Waals surface area contributed by atoms with Crippen LogP contribution in [0.4, 0.5) is 5.69 Å². The number of aliphatic carboxylic acids is 2. The number of hydrogen-bond donors (Lipinski definition) is 3. The molecule has 0 bridgehead atoms. The number of ether oxygens (including phenoxy) is 1. The number of carbonyl (C=O) groups excluding carboxylic acids is 1. The molecule has 8 nitrogen and oxygen atoms in total. The summed E-state index contributed by atoms with van der Waals surface area (Å²) in [7, 11) is 3.59. The van der Waals surface area contributed by atoms with Gasteiger partial charge in [-0.2, -0.15) is 0 Å². The van der Waals surface area contributed by atoms with Gasteiger partial charge in [0.2, 0.25) is 5.91 Å². The third-order valence-corrected chi connectivity index (χ3v) is 4.25. The van der Waals surface area contributed by atoms with Crippen molar-refractivity contribution >= 4 is 34.3 Å². The molecule has 0 radical (unpaired) electrons. The molecule has 0 heterocycles. The third-order valence-electron chi connectivity index (χ3n) is 4.25. The zero-order chi connectivity index (χ0) is 22.8. The quantitative estimate of drug-likeness (QED) is 0.521. The van der Waals surface area contributed by atoms with Crippen LogP contribution in [0.1, 0.15) is 5.56 Å². The van der Waals surface area contributed by atoms with Crippen LogP contribution < -0.4 is 10.1 Å². The van der Waals surface area contributed by atoms with Crippen LogP contribution in [0.15, 0.2) is 66.7 Å². The van der Waals surface area contributed by atoms with E-state index in [9.17, 15) is 4.79 Å². The van der Waals surface area contributed by atoms with Gasteiger partial charge in [0.15, 0.2) is 0 Å². The molecule has 0 fully saturated rings. The lowest BCUT2D eigenvalue weighted by atomic mass is 10.1. The summed E-state index contributed by atoms with van der Waals surface area (Å²) in [6, 6.07) is 21.9. The highest BCUT2D eigenvalue weighted by Crippen LogP contribution is 2.23. The Morgan fingerprint density at radius 1 is 0.935 bits per heavy atom. The Morgan fingerprint density at radius 3 is 2.26 bits per heavy atom. The number of carboxylic acid groups (broad SMARTS) is 2. The Bertz CT molecular complexity index is 1050.